The van der Waals surface area contributed by atoms with Crippen LogP contribution >= 0.6 is 11.3 Å². The molecule has 0 aliphatic heterocycles. The monoisotopic (exact) mass is 463 g/mol. The number of ketones is 1. The number of amides is 2. The molecule has 0 radical (unpaired) electrons. The van der Waals surface area contributed by atoms with Crippen molar-refractivity contribution >= 4 is 39.2 Å². The molecule has 33 heavy (non-hydrogen) atoms. The number of ether oxygens (including phenoxy) is 1. The summed E-state index contributed by atoms with van der Waals surface area (Å²) in [4.78, 5) is 41.7. The molecule has 0 saturated carbocycles. The number of benzene rings is 2. The number of nitrogens with zero attached hydrogens (tertiary/aromatic N) is 3. The molecule has 10 heteroatoms. The van der Waals surface area contributed by atoms with Gasteiger partial charge in [0.1, 0.15) is 17.5 Å². The maximum Gasteiger partial charge on any atom is 0.287 e. The van der Waals surface area contributed by atoms with Gasteiger partial charge in [-0.1, -0.05) is 41.7 Å². The van der Waals surface area contributed by atoms with E-state index in [0.717, 1.165) is 15.8 Å². The van der Waals surface area contributed by atoms with Crippen molar-refractivity contribution in [3.05, 3.63) is 71.5 Å². The van der Waals surface area contributed by atoms with Crippen molar-refractivity contribution in [1.82, 2.24) is 20.1 Å². The molecular weight excluding hydrogens is 442 g/mol. The van der Waals surface area contributed by atoms with Gasteiger partial charge in [-0.05, 0) is 36.8 Å². The molecule has 3 N–H and O–H groups in total. The van der Waals surface area contributed by atoms with Crippen molar-refractivity contribution in [1.29, 1.82) is 0 Å². The summed E-state index contributed by atoms with van der Waals surface area (Å²) < 4.78 is 7.56. The molecule has 4 aromatic rings. The van der Waals surface area contributed by atoms with Gasteiger partial charge in [0.2, 0.25) is 10.9 Å². The highest BCUT2D eigenvalue weighted by Crippen LogP contribution is 2.29. The van der Waals surface area contributed by atoms with E-state index in [9.17, 15) is 14.4 Å². The summed E-state index contributed by atoms with van der Waals surface area (Å²) in [5, 5.41) is 7.54. The molecule has 2 aromatic carbocycles. The average molecular weight is 464 g/mol. The second-order valence-electron chi connectivity index (χ2n) is 7.36. The molecule has 0 aliphatic carbocycles. The van der Waals surface area contributed by atoms with Crippen LogP contribution in [-0.4, -0.2) is 45.5 Å². The number of hydrogen-bond acceptors (Lipinski definition) is 7. The van der Waals surface area contributed by atoms with Gasteiger partial charge in [-0.15, -0.1) is 0 Å². The fraction of sp³-hybridized carbons (Fsp3) is 0.174. The SMILES string of the molecule is COc1ccc2nc(-n3nc(C)cc3C(=O)NC(Cc3ccccc3)C(=O)C(N)=O)sc2c1. The lowest BCUT2D eigenvalue weighted by Crippen LogP contribution is -2.47. The Morgan fingerprint density at radius 2 is 1.91 bits per heavy atom. The summed E-state index contributed by atoms with van der Waals surface area (Å²) in [6.07, 6.45) is 0.127. The Labute approximate surface area is 193 Å². The fourth-order valence-corrected chi connectivity index (χ4v) is 4.34. The number of nitrogens with two attached hydrogens (primary N) is 1. The van der Waals surface area contributed by atoms with E-state index in [4.69, 9.17) is 10.5 Å². The zero-order chi connectivity index (χ0) is 23.5. The van der Waals surface area contributed by atoms with Crippen LogP contribution in [0.4, 0.5) is 0 Å². The lowest BCUT2D eigenvalue weighted by Gasteiger charge is -2.16. The minimum Gasteiger partial charge on any atom is -0.497 e. The number of aromatic nitrogens is 3. The van der Waals surface area contributed by atoms with Crippen LogP contribution < -0.4 is 15.8 Å². The molecule has 0 bridgehead atoms. The molecule has 2 amide bonds. The summed E-state index contributed by atoms with van der Waals surface area (Å²) in [6, 6.07) is 15.0. The van der Waals surface area contributed by atoms with E-state index >= 15 is 0 Å². The van der Waals surface area contributed by atoms with Gasteiger partial charge >= 0.3 is 0 Å². The third kappa shape index (κ3) is 4.75. The Morgan fingerprint density at radius 3 is 2.61 bits per heavy atom. The van der Waals surface area contributed by atoms with Crippen molar-refractivity contribution in [2.75, 3.05) is 7.11 Å². The summed E-state index contributed by atoms with van der Waals surface area (Å²) in [5.74, 6) is -1.85. The molecule has 1 atom stereocenters. The molecule has 0 spiro atoms. The van der Waals surface area contributed by atoms with Gasteiger partial charge in [0.25, 0.3) is 11.8 Å². The van der Waals surface area contributed by atoms with E-state index in [0.29, 0.717) is 16.6 Å². The maximum absolute atomic E-state index is 13.2. The van der Waals surface area contributed by atoms with Crippen LogP contribution in [-0.2, 0) is 16.0 Å². The van der Waals surface area contributed by atoms with Gasteiger partial charge in [-0.2, -0.15) is 5.10 Å². The van der Waals surface area contributed by atoms with Crippen molar-refractivity contribution in [2.45, 2.75) is 19.4 Å². The van der Waals surface area contributed by atoms with Gasteiger partial charge in [-0.3, -0.25) is 14.4 Å². The van der Waals surface area contributed by atoms with Crippen molar-refractivity contribution < 1.29 is 19.1 Å². The predicted molar refractivity (Wildman–Crippen MR) is 124 cm³/mol. The summed E-state index contributed by atoms with van der Waals surface area (Å²) in [6.45, 7) is 1.75. The topological polar surface area (TPSA) is 129 Å². The number of rotatable bonds is 8. The number of Topliss-reactive ketones (excluding diaryl/α,β-unsaturated/α-hetero) is 1. The first-order chi connectivity index (χ1) is 15.9. The van der Waals surface area contributed by atoms with Gasteiger partial charge < -0.3 is 15.8 Å². The Bertz CT molecular complexity index is 1350. The number of aryl methyl sites for hydroxylation is 1. The second kappa shape index (κ2) is 9.21. The van der Waals surface area contributed by atoms with E-state index in [1.54, 1.807) is 38.3 Å². The first-order valence-corrected chi connectivity index (χ1v) is 10.9. The average Bonchev–Trinajstić information content (AvgIpc) is 3.41. The molecule has 0 fully saturated rings. The van der Waals surface area contributed by atoms with Crippen LogP contribution in [0.3, 0.4) is 0 Å². The van der Waals surface area contributed by atoms with E-state index in [2.05, 4.69) is 15.4 Å². The number of carbonyl (C=O) groups excluding carboxylic acids is 3. The third-order valence-electron chi connectivity index (χ3n) is 4.98. The number of carbonyl (C=O) groups is 3. The fourth-order valence-electron chi connectivity index (χ4n) is 3.38. The van der Waals surface area contributed by atoms with Crippen molar-refractivity contribution in [2.24, 2.45) is 5.73 Å². The van der Waals surface area contributed by atoms with Gasteiger partial charge in [0, 0.05) is 6.42 Å². The molecule has 9 nitrogen and oxygen atoms in total. The number of primary amides is 1. The number of hydrogen-bond donors (Lipinski definition) is 2. The Balaban J connectivity index is 1.65. The van der Waals surface area contributed by atoms with Gasteiger partial charge in [0.05, 0.1) is 23.0 Å². The van der Waals surface area contributed by atoms with Crippen LogP contribution in [0.25, 0.3) is 15.3 Å². The molecule has 2 heterocycles. The molecular formula is C23H21N5O4S. The quantitative estimate of drug-likeness (QED) is 0.386. The van der Waals surface area contributed by atoms with Crippen LogP contribution in [0.2, 0.25) is 0 Å². The number of thiazole rings is 1. The number of fused-ring (bicyclic) bond motifs is 1. The summed E-state index contributed by atoms with van der Waals surface area (Å²) in [5.41, 5.74) is 7.52. The van der Waals surface area contributed by atoms with Crippen molar-refractivity contribution in [3.63, 3.8) is 0 Å². The predicted octanol–water partition coefficient (Wildman–Crippen LogP) is 2.19. The molecule has 0 aliphatic rings. The van der Waals surface area contributed by atoms with E-state index in [1.807, 2.05) is 30.3 Å². The smallest absolute Gasteiger partial charge is 0.287 e. The lowest BCUT2D eigenvalue weighted by molar-refractivity contribution is -0.137. The highest BCUT2D eigenvalue weighted by molar-refractivity contribution is 7.20. The number of nitrogens with one attached hydrogen (secondary N) is 1. The largest absolute Gasteiger partial charge is 0.497 e. The highest BCUT2D eigenvalue weighted by Gasteiger charge is 2.28. The standard InChI is InChI=1S/C23H21N5O4S/c1-13-10-18(28(27-13)23-26-16-9-8-15(32-2)12-19(16)33-23)22(31)25-17(20(29)21(24)30)11-14-6-4-3-5-7-14/h3-10,12,17H,11H2,1-2H3,(H2,24,30)(H,25,31). The molecule has 1 unspecified atom stereocenters. The molecule has 168 valence electrons. The Hall–Kier alpha value is -4.05. The number of methoxy groups -OCH3 is 1. The highest BCUT2D eigenvalue weighted by atomic mass is 32.1. The molecule has 2 aromatic heterocycles. The normalized spacial score (nSPS) is 11.8. The van der Waals surface area contributed by atoms with Gasteiger partial charge in [0.15, 0.2) is 0 Å². The van der Waals surface area contributed by atoms with E-state index in [-0.39, 0.29) is 12.1 Å². The Morgan fingerprint density at radius 1 is 1.15 bits per heavy atom. The second-order valence-corrected chi connectivity index (χ2v) is 8.37. The van der Waals surface area contributed by atoms with Gasteiger partial charge in [-0.25, -0.2) is 9.67 Å². The van der Waals surface area contributed by atoms with Crippen molar-refractivity contribution in [3.8, 4) is 10.9 Å². The summed E-state index contributed by atoms with van der Waals surface area (Å²) >= 11 is 1.35. The Kier molecular flexibility index (Phi) is 6.18. The van der Waals surface area contributed by atoms with E-state index in [1.165, 1.54) is 16.0 Å². The zero-order valence-corrected chi connectivity index (χ0v) is 18.8. The van der Waals surface area contributed by atoms with Crippen LogP contribution in [0.5, 0.6) is 5.75 Å². The first-order valence-electron chi connectivity index (χ1n) is 10.1. The van der Waals surface area contributed by atoms with Crippen LogP contribution in [0.15, 0.2) is 54.6 Å². The van der Waals surface area contributed by atoms with E-state index < -0.39 is 23.6 Å². The summed E-state index contributed by atoms with van der Waals surface area (Å²) in [7, 11) is 1.58. The zero-order valence-electron chi connectivity index (χ0n) is 17.9. The molecule has 0 saturated heterocycles. The molecule has 4 rings (SSSR count). The lowest BCUT2D eigenvalue weighted by atomic mass is 10.0. The van der Waals surface area contributed by atoms with Crippen LogP contribution in [0, 0.1) is 6.92 Å². The first kappa shape index (κ1) is 22.2. The minimum absolute atomic E-state index is 0.127. The minimum atomic E-state index is -1.11. The maximum atomic E-state index is 13.2. The third-order valence-corrected chi connectivity index (χ3v) is 5.97. The van der Waals surface area contributed by atoms with Crippen LogP contribution in [0.1, 0.15) is 21.7 Å².